The monoisotopic (exact) mass is 587 g/mol. The molecule has 0 atom stereocenters. The number of aromatic nitrogens is 2. The van der Waals surface area contributed by atoms with Gasteiger partial charge >= 0.3 is 18.4 Å². The van der Waals surface area contributed by atoms with Gasteiger partial charge in [-0.2, -0.15) is 31.4 Å². The second kappa shape index (κ2) is 10.8. The van der Waals surface area contributed by atoms with Crippen molar-refractivity contribution in [3.8, 4) is 0 Å². The molecule has 1 saturated carbocycles. The van der Waals surface area contributed by atoms with E-state index >= 15 is 0 Å². The van der Waals surface area contributed by atoms with E-state index in [1.807, 2.05) is 4.90 Å². The fourth-order valence-corrected chi connectivity index (χ4v) is 6.15. The summed E-state index contributed by atoms with van der Waals surface area (Å²) in [7, 11) is 2.05. The molecule has 3 heterocycles. The van der Waals surface area contributed by atoms with Crippen molar-refractivity contribution in [1.82, 2.24) is 24.5 Å². The van der Waals surface area contributed by atoms with E-state index in [0.29, 0.717) is 37.3 Å². The first kappa shape index (κ1) is 29.2. The number of aryl methyl sites for hydroxylation is 1. The third-order valence-corrected chi connectivity index (χ3v) is 8.12. The molecular formula is C27H31F6N5O3. The number of likely N-dealkylation sites (N-methyl/N-ethyl adjacent to an activating group) is 1. The van der Waals surface area contributed by atoms with Gasteiger partial charge < -0.3 is 19.4 Å². The molecule has 8 nitrogen and oxygen atoms in total. The van der Waals surface area contributed by atoms with Gasteiger partial charge in [0.2, 0.25) is 0 Å². The lowest BCUT2D eigenvalue weighted by Crippen LogP contribution is -2.62. The maximum Gasteiger partial charge on any atom is 0.416 e. The van der Waals surface area contributed by atoms with Crippen molar-refractivity contribution in [2.24, 2.45) is 0 Å². The van der Waals surface area contributed by atoms with Crippen LogP contribution in [0.1, 0.15) is 65.0 Å². The Balaban J connectivity index is 1.28. The van der Waals surface area contributed by atoms with E-state index in [0.717, 1.165) is 38.8 Å². The van der Waals surface area contributed by atoms with Gasteiger partial charge in [0.1, 0.15) is 6.61 Å². The van der Waals surface area contributed by atoms with Gasteiger partial charge in [-0.3, -0.25) is 9.48 Å². The summed E-state index contributed by atoms with van der Waals surface area (Å²) in [6.07, 6.45) is -6.42. The highest BCUT2D eigenvalue weighted by Gasteiger charge is 2.46. The second-order valence-electron chi connectivity index (χ2n) is 11.1. The molecule has 3 aliphatic rings. The summed E-state index contributed by atoms with van der Waals surface area (Å²) < 4.78 is 85.8. The number of amides is 2. The number of carbonyl (C=O) groups excluding carboxylic acids is 2. The predicted octanol–water partition coefficient (Wildman–Crippen LogP) is 5.16. The minimum atomic E-state index is -5.00. The average Bonchev–Trinajstić information content (AvgIpc) is 3.47. The van der Waals surface area contributed by atoms with Crippen molar-refractivity contribution >= 4 is 12.0 Å². The minimum absolute atomic E-state index is 0.0246. The highest BCUT2D eigenvalue weighted by atomic mass is 19.4. The molecule has 1 spiro atoms. The summed E-state index contributed by atoms with van der Waals surface area (Å²) in [5.74, 6) is -0.153. The zero-order valence-electron chi connectivity index (χ0n) is 22.5. The maximum atomic E-state index is 13.6. The fraction of sp³-hybridized carbons (Fsp3) is 0.593. The van der Waals surface area contributed by atoms with Crippen molar-refractivity contribution in [3.63, 3.8) is 0 Å². The first-order valence-corrected chi connectivity index (χ1v) is 13.5. The Kier molecular flexibility index (Phi) is 7.72. The normalized spacial score (nSPS) is 19.8. The molecule has 0 bridgehead atoms. The Morgan fingerprint density at radius 1 is 0.902 bits per heavy atom. The van der Waals surface area contributed by atoms with Crippen LogP contribution in [0.2, 0.25) is 0 Å². The summed E-state index contributed by atoms with van der Waals surface area (Å²) in [6, 6.07) is 2.74. The first-order chi connectivity index (χ1) is 19.2. The van der Waals surface area contributed by atoms with Crippen molar-refractivity contribution in [2.45, 2.75) is 69.7 Å². The van der Waals surface area contributed by atoms with Crippen molar-refractivity contribution in [2.75, 3.05) is 33.2 Å². The van der Waals surface area contributed by atoms with E-state index < -0.39 is 41.7 Å². The van der Waals surface area contributed by atoms with Crippen LogP contribution in [-0.4, -0.2) is 75.2 Å². The van der Waals surface area contributed by atoms with Crippen LogP contribution in [0.5, 0.6) is 0 Å². The first-order valence-electron chi connectivity index (χ1n) is 13.5. The Morgan fingerprint density at radius 2 is 1.56 bits per heavy atom. The van der Waals surface area contributed by atoms with Crippen LogP contribution in [-0.2, 0) is 36.8 Å². The van der Waals surface area contributed by atoms with Gasteiger partial charge in [-0.1, -0.05) is 12.8 Å². The molecule has 2 aromatic rings. The molecule has 5 rings (SSSR count). The molecule has 14 heteroatoms. The number of nitrogens with zero attached hydrogens (tertiary/aromatic N) is 5. The van der Waals surface area contributed by atoms with Crippen LogP contribution in [0.25, 0.3) is 0 Å². The zero-order chi connectivity index (χ0) is 29.6. The molecule has 1 aromatic heterocycles. The number of fused-ring (bicyclic) bond motifs is 1. The smallest absolute Gasteiger partial charge is 0.416 e. The number of halogens is 6. The Labute approximate surface area is 232 Å². The van der Waals surface area contributed by atoms with Gasteiger partial charge in [-0.15, -0.1) is 0 Å². The molecule has 2 fully saturated rings. The van der Waals surface area contributed by atoms with Crippen LogP contribution in [0.15, 0.2) is 24.3 Å². The average molecular weight is 588 g/mol. The van der Waals surface area contributed by atoms with E-state index in [-0.39, 0.29) is 36.3 Å². The van der Waals surface area contributed by atoms with Crippen molar-refractivity contribution in [1.29, 1.82) is 0 Å². The molecule has 2 amide bonds. The number of carbonyl (C=O) groups is 2. The summed E-state index contributed by atoms with van der Waals surface area (Å²) in [5, 5.41) is 4.53. The molecule has 224 valence electrons. The van der Waals surface area contributed by atoms with Crippen molar-refractivity contribution in [3.05, 3.63) is 52.3 Å². The highest BCUT2D eigenvalue weighted by Crippen LogP contribution is 2.39. The van der Waals surface area contributed by atoms with Crippen LogP contribution in [0, 0.1) is 0 Å². The van der Waals surface area contributed by atoms with E-state index in [1.165, 1.54) is 4.90 Å². The SMILES string of the molecule is CN1CCN(C(=O)c2cc3n(n2)CCCN(C(=O)OCc2cc(C(F)(F)F)cc(C(F)(F)F)c2)C3)C2(CCCC2)C1. The van der Waals surface area contributed by atoms with Gasteiger partial charge in [0.15, 0.2) is 5.69 Å². The third kappa shape index (κ3) is 6.16. The van der Waals surface area contributed by atoms with Crippen LogP contribution >= 0.6 is 0 Å². The van der Waals surface area contributed by atoms with Crippen LogP contribution < -0.4 is 0 Å². The predicted molar refractivity (Wildman–Crippen MR) is 134 cm³/mol. The molecule has 0 radical (unpaired) electrons. The summed E-state index contributed by atoms with van der Waals surface area (Å²) in [5.41, 5.74) is -2.72. The Hall–Kier alpha value is -3.29. The van der Waals surface area contributed by atoms with Crippen LogP contribution in [0.3, 0.4) is 0 Å². The van der Waals surface area contributed by atoms with E-state index in [1.54, 1.807) is 10.7 Å². The lowest BCUT2D eigenvalue weighted by Gasteiger charge is -2.48. The summed E-state index contributed by atoms with van der Waals surface area (Å²) >= 11 is 0. The number of ether oxygens (including phenoxy) is 1. The minimum Gasteiger partial charge on any atom is -0.445 e. The number of rotatable bonds is 3. The molecule has 41 heavy (non-hydrogen) atoms. The highest BCUT2D eigenvalue weighted by molar-refractivity contribution is 5.93. The Morgan fingerprint density at radius 3 is 2.20 bits per heavy atom. The quantitative estimate of drug-likeness (QED) is 0.464. The van der Waals surface area contributed by atoms with Gasteiger partial charge in [0.25, 0.3) is 5.91 Å². The number of piperazine rings is 1. The van der Waals surface area contributed by atoms with E-state index in [9.17, 15) is 35.9 Å². The van der Waals surface area contributed by atoms with Gasteiger partial charge in [-0.05, 0) is 56.1 Å². The molecule has 2 aliphatic heterocycles. The molecule has 0 unspecified atom stereocenters. The standard InChI is InChI=1S/C27H31F6N5O3/c1-35-9-10-37(25(17-35)5-2-3-6-25)23(39)22-14-21-15-36(7-4-8-38(21)34-22)24(40)41-16-18-11-19(26(28,29)30)13-20(12-18)27(31,32)33/h11-14H,2-10,15-17H2,1H3. The van der Waals surface area contributed by atoms with Gasteiger partial charge in [0, 0.05) is 32.7 Å². The van der Waals surface area contributed by atoms with E-state index in [2.05, 4.69) is 17.0 Å². The number of alkyl halides is 6. The fourth-order valence-electron chi connectivity index (χ4n) is 6.15. The molecule has 1 aliphatic carbocycles. The van der Waals surface area contributed by atoms with Crippen LogP contribution in [0.4, 0.5) is 31.1 Å². The number of hydrogen-bond acceptors (Lipinski definition) is 5. The van der Waals surface area contributed by atoms with E-state index in [4.69, 9.17) is 4.74 Å². The van der Waals surface area contributed by atoms with Gasteiger partial charge in [-0.25, -0.2) is 4.79 Å². The lowest BCUT2D eigenvalue weighted by molar-refractivity contribution is -0.143. The molecule has 1 aromatic carbocycles. The number of benzene rings is 1. The largest absolute Gasteiger partial charge is 0.445 e. The van der Waals surface area contributed by atoms with Gasteiger partial charge in [0.05, 0.1) is 28.9 Å². The molecular weight excluding hydrogens is 556 g/mol. The second-order valence-corrected chi connectivity index (χ2v) is 11.1. The zero-order valence-corrected chi connectivity index (χ0v) is 22.5. The third-order valence-electron chi connectivity index (χ3n) is 8.12. The molecule has 1 saturated heterocycles. The Bertz CT molecular complexity index is 1270. The number of hydrogen-bond donors (Lipinski definition) is 0. The summed E-state index contributed by atoms with van der Waals surface area (Å²) in [4.78, 5) is 31.9. The summed E-state index contributed by atoms with van der Waals surface area (Å²) in [6.45, 7) is 2.10. The topological polar surface area (TPSA) is 70.9 Å². The van der Waals surface area contributed by atoms with Crippen molar-refractivity contribution < 1.29 is 40.7 Å². The lowest BCUT2D eigenvalue weighted by atomic mass is 9.91. The molecule has 0 N–H and O–H groups in total. The maximum absolute atomic E-state index is 13.6.